The van der Waals surface area contributed by atoms with Crippen molar-refractivity contribution >= 4 is 17.3 Å². The molecule has 23 heavy (non-hydrogen) atoms. The number of hydrogen-bond donors (Lipinski definition) is 2. The first-order valence-electron chi connectivity index (χ1n) is 8.00. The van der Waals surface area contributed by atoms with Crippen LogP contribution in [-0.2, 0) is 0 Å². The maximum Gasteiger partial charge on any atom is 0.191 e. The molecule has 0 radical (unpaired) electrons. The summed E-state index contributed by atoms with van der Waals surface area (Å²) in [5.41, 5.74) is 1.29. The summed E-state index contributed by atoms with van der Waals surface area (Å²) in [4.78, 5) is 5.66. The highest BCUT2D eigenvalue weighted by atomic mass is 32.1. The molecule has 5 heteroatoms. The average molecular weight is 329 g/mol. The molecule has 122 valence electrons. The number of hydrogen-bond acceptors (Lipinski definition) is 3. The molecule has 2 aromatic rings. The Labute approximate surface area is 141 Å². The van der Waals surface area contributed by atoms with E-state index in [1.807, 2.05) is 19.2 Å². The number of nitrogens with one attached hydrogen (secondary N) is 2. The molecule has 2 heterocycles. The fourth-order valence-electron chi connectivity index (χ4n) is 2.86. The minimum atomic E-state index is 0.253. The molecule has 1 aromatic heterocycles. The third kappa shape index (κ3) is 3.85. The molecule has 0 bridgehead atoms. The summed E-state index contributed by atoms with van der Waals surface area (Å²) in [5, 5.41) is 9.01. The van der Waals surface area contributed by atoms with E-state index in [9.17, 15) is 0 Å². The van der Waals surface area contributed by atoms with Crippen molar-refractivity contribution in [3.05, 3.63) is 52.2 Å². The van der Waals surface area contributed by atoms with Gasteiger partial charge in [-0.15, -0.1) is 11.3 Å². The van der Waals surface area contributed by atoms with E-state index in [-0.39, 0.29) is 6.04 Å². The Bertz CT molecular complexity index is 654. The predicted octanol–water partition coefficient (Wildman–Crippen LogP) is 3.54. The zero-order valence-corrected chi connectivity index (χ0v) is 14.4. The summed E-state index contributed by atoms with van der Waals surface area (Å²) >= 11 is 1.76. The van der Waals surface area contributed by atoms with E-state index in [4.69, 9.17) is 4.74 Å². The summed E-state index contributed by atoms with van der Waals surface area (Å²) in [6.07, 6.45) is 1.03. The molecule has 0 saturated heterocycles. The first kappa shape index (κ1) is 15.9. The molecule has 0 amide bonds. The van der Waals surface area contributed by atoms with Crippen molar-refractivity contribution in [3.8, 4) is 5.75 Å². The summed E-state index contributed by atoms with van der Waals surface area (Å²) in [7, 11) is 1.81. The number of guanidine groups is 1. The molecule has 2 unspecified atom stereocenters. The molecule has 0 spiro atoms. The van der Waals surface area contributed by atoms with Crippen LogP contribution in [0.1, 0.15) is 35.7 Å². The maximum atomic E-state index is 5.73. The van der Waals surface area contributed by atoms with E-state index in [0.29, 0.717) is 5.92 Å². The summed E-state index contributed by atoms with van der Waals surface area (Å²) in [6.45, 7) is 3.79. The predicted molar refractivity (Wildman–Crippen MR) is 96.5 cm³/mol. The van der Waals surface area contributed by atoms with E-state index in [0.717, 1.165) is 31.3 Å². The van der Waals surface area contributed by atoms with Gasteiger partial charge in [0.05, 0.1) is 12.6 Å². The van der Waals surface area contributed by atoms with Gasteiger partial charge in [-0.05, 0) is 36.4 Å². The van der Waals surface area contributed by atoms with Crippen molar-refractivity contribution in [2.75, 3.05) is 20.2 Å². The van der Waals surface area contributed by atoms with E-state index in [1.165, 1.54) is 10.4 Å². The van der Waals surface area contributed by atoms with Gasteiger partial charge in [-0.3, -0.25) is 4.99 Å². The molecule has 0 saturated carbocycles. The highest BCUT2D eigenvalue weighted by molar-refractivity contribution is 7.10. The van der Waals surface area contributed by atoms with Crippen LogP contribution in [0, 0.1) is 0 Å². The Morgan fingerprint density at radius 1 is 1.35 bits per heavy atom. The lowest BCUT2D eigenvalue weighted by atomic mass is 9.93. The number of benzene rings is 1. The first-order valence-corrected chi connectivity index (χ1v) is 8.88. The van der Waals surface area contributed by atoms with Gasteiger partial charge in [0.2, 0.25) is 0 Å². The van der Waals surface area contributed by atoms with Crippen LogP contribution >= 0.6 is 11.3 Å². The van der Waals surface area contributed by atoms with Crippen molar-refractivity contribution in [2.45, 2.75) is 25.3 Å². The number of nitrogens with zero attached hydrogens (tertiary/aromatic N) is 1. The molecule has 2 atom stereocenters. The van der Waals surface area contributed by atoms with Crippen molar-refractivity contribution in [1.29, 1.82) is 0 Å². The minimum Gasteiger partial charge on any atom is -0.493 e. The fraction of sp³-hybridized carbons (Fsp3) is 0.389. The van der Waals surface area contributed by atoms with Gasteiger partial charge in [-0.1, -0.05) is 24.3 Å². The second-order valence-electron chi connectivity index (χ2n) is 5.71. The number of thiophene rings is 1. The summed E-state index contributed by atoms with van der Waals surface area (Å²) < 4.78 is 5.73. The molecule has 4 nitrogen and oxygen atoms in total. The van der Waals surface area contributed by atoms with Gasteiger partial charge in [0.25, 0.3) is 0 Å². The number of ether oxygens (including phenoxy) is 1. The van der Waals surface area contributed by atoms with E-state index in [2.05, 4.69) is 52.2 Å². The van der Waals surface area contributed by atoms with Gasteiger partial charge in [0, 0.05) is 24.4 Å². The van der Waals surface area contributed by atoms with Gasteiger partial charge < -0.3 is 15.4 Å². The van der Waals surface area contributed by atoms with Gasteiger partial charge in [-0.2, -0.15) is 0 Å². The quantitative estimate of drug-likeness (QED) is 0.666. The van der Waals surface area contributed by atoms with Crippen LogP contribution in [0.2, 0.25) is 0 Å². The number of fused-ring (bicyclic) bond motifs is 1. The molecular weight excluding hydrogens is 306 g/mol. The van der Waals surface area contributed by atoms with Crippen LogP contribution in [0.3, 0.4) is 0 Å². The van der Waals surface area contributed by atoms with Crippen LogP contribution in [0.4, 0.5) is 0 Å². The third-order valence-electron chi connectivity index (χ3n) is 4.15. The Balaban J connectivity index is 1.59. The van der Waals surface area contributed by atoms with Crippen LogP contribution in [0.25, 0.3) is 0 Å². The highest BCUT2D eigenvalue weighted by Crippen LogP contribution is 2.32. The Morgan fingerprint density at radius 2 is 2.22 bits per heavy atom. The van der Waals surface area contributed by atoms with E-state index < -0.39 is 0 Å². The average Bonchev–Trinajstić information content (AvgIpc) is 3.13. The molecule has 1 aliphatic heterocycles. The number of aliphatic imine (C=N–C) groups is 1. The van der Waals surface area contributed by atoms with Crippen molar-refractivity contribution < 1.29 is 4.74 Å². The zero-order chi connectivity index (χ0) is 16.1. The van der Waals surface area contributed by atoms with Crippen LogP contribution in [0.15, 0.2) is 46.8 Å². The highest BCUT2D eigenvalue weighted by Gasteiger charge is 2.21. The van der Waals surface area contributed by atoms with Gasteiger partial charge in [0.15, 0.2) is 5.96 Å². The van der Waals surface area contributed by atoms with Gasteiger partial charge in [0.1, 0.15) is 5.75 Å². The minimum absolute atomic E-state index is 0.253. The SMILES string of the molecule is CN=C(NCC1CCOc2ccccc21)NC(C)c1cccs1. The lowest BCUT2D eigenvalue weighted by Gasteiger charge is -2.27. The van der Waals surface area contributed by atoms with Gasteiger partial charge in [-0.25, -0.2) is 0 Å². The van der Waals surface area contributed by atoms with Crippen LogP contribution < -0.4 is 15.4 Å². The summed E-state index contributed by atoms with van der Waals surface area (Å²) in [6, 6.07) is 12.8. The standard InChI is InChI=1S/C18H23N3OS/c1-13(17-8-5-11-23-17)21-18(19-2)20-12-14-9-10-22-16-7-4-3-6-15(14)16/h3-8,11,13-14H,9-10,12H2,1-2H3,(H2,19,20,21). The fourth-order valence-corrected chi connectivity index (χ4v) is 3.59. The van der Waals surface area contributed by atoms with Crippen LogP contribution in [0.5, 0.6) is 5.75 Å². The molecule has 0 aliphatic carbocycles. The summed E-state index contributed by atoms with van der Waals surface area (Å²) in [5.74, 6) is 2.31. The molecule has 2 N–H and O–H groups in total. The topological polar surface area (TPSA) is 45.7 Å². The Kier molecular flexibility index (Phi) is 5.18. The first-order chi connectivity index (χ1) is 11.3. The molecule has 1 aromatic carbocycles. The van der Waals surface area contributed by atoms with Gasteiger partial charge >= 0.3 is 0 Å². The second-order valence-corrected chi connectivity index (χ2v) is 6.69. The Hall–Kier alpha value is -2.01. The molecular formula is C18H23N3OS. The Morgan fingerprint density at radius 3 is 3.00 bits per heavy atom. The molecule has 0 fully saturated rings. The number of para-hydroxylation sites is 1. The van der Waals surface area contributed by atoms with E-state index in [1.54, 1.807) is 11.3 Å². The normalized spacial score (nSPS) is 18.7. The smallest absolute Gasteiger partial charge is 0.191 e. The number of rotatable bonds is 4. The molecule has 1 aliphatic rings. The lowest BCUT2D eigenvalue weighted by Crippen LogP contribution is -2.41. The van der Waals surface area contributed by atoms with E-state index >= 15 is 0 Å². The molecule has 3 rings (SSSR count). The zero-order valence-electron chi connectivity index (χ0n) is 13.6. The largest absolute Gasteiger partial charge is 0.493 e. The third-order valence-corrected chi connectivity index (χ3v) is 5.20. The van der Waals surface area contributed by atoms with Crippen LogP contribution in [-0.4, -0.2) is 26.2 Å². The second kappa shape index (κ2) is 7.51. The monoisotopic (exact) mass is 329 g/mol. The lowest BCUT2D eigenvalue weighted by molar-refractivity contribution is 0.267. The van der Waals surface area contributed by atoms with Crippen molar-refractivity contribution in [3.63, 3.8) is 0 Å². The maximum absolute atomic E-state index is 5.73. The van der Waals surface area contributed by atoms with Crippen molar-refractivity contribution in [2.24, 2.45) is 4.99 Å². The van der Waals surface area contributed by atoms with Crippen molar-refractivity contribution in [1.82, 2.24) is 10.6 Å².